The van der Waals surface area contributed by atoms with E-state index >= 15 is 0 Å². The lowest BCUT2D eigenvalue weighted by Gasteiger charge is -2.22. The Balaban J connectivity index is 1.68. The first-order valence-corrected chi connectivity index (χ1v) is 7.62. The number of aliphatic hydroxyl groups is 1. The van der Waals surface area contributed by atoms with E-state index < -0.39 is 6.10 Å². The Kier molecular flexibility index (Phi) is 4.32. The highest BCUT2D eigenvalue weighted by molar-refractivity contribution is 5.30. The molecular weight excluding hydrogens is 260 g/mol. The van der Waals surface area contributed by atoms with Gasteiger partial charge in [-0.3, -0.25) is 4.98 Å². The minimum atomic E-state index is -0.488. The van der Waals surface area contributed by atoms with E-state index in [-0.39, 0.29) is 0 Å². The maximum Gasteiger partial charge on any atom is 0.0915 e. The molecule has 0 spiro atoms. The van der Waals surface area contributed by atoms with Crippen LogP contribution in [0.4, 0.5) is 0 Å². The van der Waals surface area contributed by atoms with Crippen molar-refractivity contribution in [2.45, 2.75) is 31.9 Å². The number of nitrogens with one attached hydrogen (secondary N) is 1. The van der Waals surface area contributed by atoms with E-state index in [2.05, 4.69) is 41.5 Å². The van der Waals surface area contributed by atoms with E-state index in [1.807, 2.05) is 12.1 Å². The molecule has 1 aromatic heterocycles. The predicted molar refractivity (Wildman–Crippen MR) is 83.8 cm³/mol. The van der Waals surface area contributed by atoms with Gasteiger partial charge in [0.1, 0.15) is 0 Å². The average molecular weight is 282 g/mol. The second kappa shape index (κ2) is 6.37. The largest absolute Gasteiger partial charge is 0.387 e. The summed E-state index contributed by atoms with van der Waals surface area (Å²) in [5, 5.41) is 13.9. The number of rotatable bonds is 6. The topological polar surface area (TPSA) is 45.1 Å². The fraction of sp³-hybridized carbons (Fsp3) is 0.389. The van der Waals surface area contributed by atoms with Crippen molar-refractivity contribution in [3.63, 3.8) is 0 Å². The number of nitrogens with zero attached hydrogens (tertiary/aromatic N) is 1. The van der Waals surface area contributed by atoms with Crippen molar-refractivity contribution in [2.24, 2.45) is 5.92 Å². The molecule has 3 rings (SSSR count). The molecule has 3 nitrogen and oxygen atoms in total. The first-order valence-electron chi connectivity index (χ1n) is 7.62. The van der Waals surface area contributed by atoms with Crippen LogP contribution in [0.2, 0.25) is 0 Å². The second-order valence-corrected chi connectivity index (χ2v) is 5.88. The zero-order valence-corrected chi connectivity index (χ0v) is 12.4. The molecular formula is C18H22N2O. The van der Waals surface area contributed by atoms with Crippen LogP contribution in [0, 0.1) is 12.8 Å². The Labute approximate surface area is 126 Å². The van der Waals surface area contributed by atoms with Crippen LogP contribution in [-0.4, -0.2) is 16.6 Å². The molecule has 1 heterocycles. The molecule has 0 amide bonds. The van der Waals surface area contributed by atoms with Gasteiger partial charge < -0.3 is 10.4 Å². The lowest BCUT2D eigenvalue weighted by molar-refractivity contribution is 0.168. The van der Waals surface area contributed by atoms with Crippen LogP contribution >= 0.6 is 0 Å². The van der Waals surface area contributed by atoms with Gasteiger partial charge >= 0.3 is 0 Å². The van der Waals surface area contributed by atoms with Gasteiger partial charge in [-0.1, -0.05) is 24.3 Å². The fourth-order valence-electron chi connectivity index (χ4n) is 2.84. The molecule has 2 N–H and O–H groups in total. The quantitative estimate of drug-likeness (QED) is 0.855. The van der Waals surface area contributed by atoms with Gasteiger partial charge in [0.05, 0.1) is 6.10 Å². The summed E-state index contributed by atoms with van der Waals surface area (Å²) in [6, 6.07) is 12.6. The summed E-state index contributed by atoms with van der Waals surface area (Å²) in [5.74, 6) is 0.704. The zero-order chi connectivity index (χ0) is 14.7. The Morgan fingerprint density at radius 3 is 2.57 bits per heavy atom. The van der Waals surface area contributed by atoms with Gasteiger partial charge in [-0.25, -0.2) is 0 Å². The van der Waals surface area contributed by atoms with E-state index in [0.717, 1.165) is 5.56 Å². The van der Waals surface area contributed by atoms with Gasteiger partial charge in [0.2, 0.25) is 0 Å². The summed E-state index contributed by atoms with van der Waals surface area (Å²) in [6.45, 7) is 2.73. The number of hydrogen-bond donors (Lipinski definition) is 2. The summed E-state index contributed by atoms with van der Waals surface area (Å²) in [5.41, 5.74) is 3.60. The van der Waals surface area contributed by atoms with Gasteiger partial charge in [0.25, 0.3) is 0 Å². The van der Waals surface area contributed by atoms with Gasteiger partial charge in [-0.15, -0.1) is 0 Å². The highest BCUT2D eigenvalue weighted by Gasteiger charge is 2.33. The van der Waals surface area contributed by atoms with E-state index in [1.165, 1.54) is 24.0 Å². The van der Waals surface area contributed by atoms with Crippen LogP contribution in [0.15, 0.2) is 48.8 Å². The fourth-order valence-corrected chi connectivity index (χ4v) is 2.84. The van der Waals surface area contributed by atoms with Crippen LogP contribution < -0.4 is 5.32 Å². The molecule has 1 fully saturated rings. The summed E-state index contributed by atoms with van der Waals surface area (Å²) < 4.78 is 0. The molecule has 0 aliphatic heterocycles. The van der Waals surface area contributed by atoms with E-state index in [4.69, 9.17) is 0 Å². The molecule has 1 aliphatic rings. The number of pyridine rings is 1. The Hall–Kier alpha value is -1.71. The highest BCUT2D eigenvalue weighted by atomic mass is 16.3. The zero-order valence-electron chi connectivity index (χ0n) is 12.4. The van der Waals surface area contributed by atoms with E-state index in [9.17, 15) is 5.11 Å². The van der Waals surface area contributed by atoms with Crippen molar-refractivity contribution < 1.29 is 5.11 Å². The first-order chi connectivity index (χ1) is 10.3. The molecule has 2 aromatic rings. The second-order valence-electron chi connectivity index (χ2n) is 5.88. The molecule has 1 aromatic carbocycles. The normalized spacial score (nSPS) is 17.4. The maximum absolute atomic E-state index is 10.3. The van der Waals surface area contributed by atoms with Gasteiger partial charge in [-0.2, -0.15) is 0 Å². The summed E-state index contributed by atoms with van der Waals surface area (Å²) in [6.07, 6.45) is 5.50. The van der Waals surface area contributed by atoms with Crippen molar-refractivity contribution >= 4 is 0 Å². The molecule has 1 saturated carbocycles. The van der Waals surface area contributed by atoms with Crippen LogP contribution in [0.5, 0.6) is 0 Å². The highest BCUT2D eigenvalue weighted by Crippen LogP contribution is 2.41. The lowest BCUT2D eigenvalue weighted by atomic mass is 9.97. The first kappa shape index (κ1) is 14.2. The molecule has 0 saturated heterocycles. The summed E-state index contributed by atoms with van der Waals surface area (Å²) in [7, 11) is 0. The molecule has 0 radical (unpaired) electrons. The number of hydrogen-bond acceptors (Lipinski definition) is 3. The summed E-state index contributed by atoms with van der Waals surface area (Å²) >= 11 is 0. The van der Waals surface area contributed by atoms with Crippen LogP contribution in [0.1, 0.15) is 41.7 Å². The van der Waals surface area contributed by atoms with Crippen molar-refractivity contribution in [3.05, 3.63) is 65.5 Å². The lowest BCUT2D eigenvalue weighted by Crippen LogP contribution is -2.28. The van der Waals surface area contributed by atoms with E-state index in [1.54, 1.807) is 12.4 Å². The van der Waals surface area contributed by atoms with Crippen molar-refractivity contribution in [2.75, 3.05) is 6.54 Å². The summed E-state index contributed by atoms with van der Waals surface area (Å²) in [4.78, 5) is 3.99. The number of benzene rings is 1. The number of aromatic nitrogens is 1. The Morgan fingerprint density at radius 1 is 1.19 bits per heavy atom. The van der Waals surface area contributed by atoms with Crippen LogP contribution in [-0.2, 0) is 0 Å². The average Bonchev–Trinajstić information content (AvgIpc) is 3.35. The SMILES string of the molecule is Cc1ccccc1C(NCC(O)c1ccncc1)C1CC1. The molecule has 21 heavy (non-hydrogen) atoms. The van der Waals surface area contributed by atoms with Crippen LogP contribution in [0.25, 0.3) is 0 Å². The van der Waals surface area contributed by atoms with E-state index in [0.29, 0.717) is 18.5 Å². The molecule has 0 bridgehead atoms. The molecule has 2 unspecified atom stereocenters. The monoisotopic (exact) mass is 282 g/mol. The smallest absolute Gasteiger partial charge is 0.0915 e. The number of aliphatic hydroxyl groups excluding tert-OH is 1. The third kappa shape index (κ3) is 3.49. The van der Waals surface area contributed by atoms with Gasteiger partial charge in [0, 0.05) is 25.0 Å². The number of aryl methyl sites for hydroxylation is 1. The molecule has 2 atom stereocenters. The maximum atomic E-state index is 10.3. The predicted octanol–water partition coefficient (Wildman–Crippen LogP) is 3.16. The van der Waals surface area contributed by atoms with Crippen molar-refractivity contribution in [3.8, 4) is 0 Å². The Morgan fingerprint density at radius 2 is 1.90 bits per heavy atom. The van der Waals surface area contributed by atoms with Gasteiger partial charge in [-0.05, 0) is 54.5 Å². The van der Waals surface area contributed by atoms with Crippen molar-refractivity contribution in [1.29, 1.82) is 0 Å². The third-order valence-electron chi connectivity index (χ3n) is 4.24. The molecule has 1 aliphatic carbocycles. The standard InChI is InChI=1S/C18H22N2O/c1-13-4-2-3-5-16(13)18(15-6-7-15)20-12-17(21)14-8-10-19-11-9-14/h2-5,8-11,15,17-18,20-21H,6-7,12H2,1H3. The van der Waals surface area contributed by atoms with Crippen LogP contribution in [0.3, 0.4) is 0 Å². The molecule has 3 heteroatoms. The van der Waals surface area contributed by atoms with Gasteiger partial charge in [0.15, 0.2) is 0 Å². The van der Waals surface area contributed by atoms with Crippen molar-refractivity contribution in [1.82, 2.24) is 10.3 Å². The minimum absolute atomic E-state index is 0.350. The molecule has 110 valence electrons. The third-order valence-corrected chi connectivity index (χ3v) is 4.24. The Bertz CT molecular complexity index is 581. The minimum Gasteiger partial charge on any atom is -0.387 e.